The van der Waals surface area contributed by atoms with E-state index in [4.69, 9.17) is 15.9 Å². The van der Waals surface area contributed by atoms with Gasteiger partial charge in [0.2, 0.25) is 0 Å². The number of hydrogen-bond acceptors (Lipinski definition) is 4. The molecule has 0 heterocycles. The van der Waals surface area contributed by atoms with E-state index in [1.165, 1.54) is 0 Å². The molecule has 0 atom stereocenters. The first kappa shape index (κ1) is 12.8. The molecular formula is C9H22N2O2. The van der Waals surface area contributed by atoms with E-state index < -0.39 is 5.54 Å². The van der Waals surface area contributed by atoms with Crippen molar-refractivity contribution in [3.63, 3.8) is 0 Å². The summed E-state index contributed by atoms with van der Waals surface area (Å²) in [4.78, 5) is 0. The Morgan fingerprint density at radius 1 is 1.23 bits per heavy atom. The van der Waals surface area contributed by atoms with Crippen molar-refractivity contribution in [3.05, 3.63) is 0 Å². The van der Waals surface area contributed by atoms with Crippen LogP contribution in [-0.2, 0) is 0 Å². The van der Waals surface area contributed by atoms with E-state index in [1.54, 1.807) is 0 Å². The summed E-state index contributed by atoms with van der Waals surface area (Å²) >= 11 is 0. The number of hydrogen-bond donors (Lipinski definition) is 4. The van der Waals surface area contributed by atoms with Crippen LogP contribution in [0.2, 0.25) is 0 Å². The van der Waals surface area contributed by atoms with Crippen molar-refractivity contribution in [1.82, 2.24) is 5.32 Å². The van der Waals surface area contributed by atoms with Crippen molar-refractivity contribution < 1.29 is 10.2 Å². The number of aliphatic hydroxyl groups excluding tert-OH is 2. The molecule has 0 radical (unpaired) electrons. The summed E-state index contributed by atoms with van der Waals surface area (Å²) in [5, 5.41) is 21.3. The molecule has 13 heavy (non-hydrogen) atoms. The van der Waals surface area contributed by atoms with Crippen LogP contribution in [0.25, 0.3) is 0 Å². The largest absolute Gasteiger partial charge is 0.394 e. The summed E-state index contributed by atoms with van der Waals surface area (Å²) in [6, 6.07) is 0. The second-order valence-corrected chi connectivity index (χ2v) is 4.29. The fraction of sp³-hybridized carbons (Fsp3) is 1.00. The number of rotatable bonds is 6. The standard InChI is InChI=1S/C9H22N2O2/c1-4-9(6-12,7-13)11-5-8(2,3)10/h11-13H,4-7,10H2,1-3H3. The predicted octanol–water partition coefficient (Wildman–Crippen LogP) is -0.553. The Morgan fingerprint density at radius 2 is 1.69 bits per heavy atom. The molecule has 0 aromatic rings. The summed E-state index contributed by atoms with van der Waals surface area (Å²) < 4.78 is 0. The lowest BCUT2D eigenvalue weighted by molar-refractivity contribution is 0.0838. The second-order valence-electron chi connectivity index (χ2n) is 4.29. The molecule has 0 amide bonds. The lowest BCUT2D eigenvalue weighted by Crippen LogP contribution is -2.57. The summed E-state index contributed by atoms with van der Waals surface area (Å²) in [6.45, 7) is 6.14. The maximum atomic E-state index is 9.11. The molecule has 0 aliphatic heterocycles. The molecule has 0 aromatic carbocycles. The zero-order valence-electron chi connectivity index (χ0n) is 8.80. The number of nitrogens with one attached hydrogen (secondary N) is 1. The normalized spacial score (nSPS) is 13.4. The molecule has 0 fully saturated rings. The van der Waals surface area contributed by atoms with Crippen molar-refractivity contribution in [2.24, 2.45) is 5.73 Å². The lowest BCUT2D eigenvalue weighted by Gasteiger charge is -2.33. The first-order valence-corrected chi connectivity index (χ1v) is 4.65. The van der Waals surface area contributed by atoms with E-state index >= 15 is 0 Å². The van der Waals surface area contributed by atoms with Crippen LogP contribution >= 0.6 is 0 Å². The molecule has 0 aliphatic carbocycles. The third kappa shape index (κ3) is 4.57. The van der Waals surface area contributed by atoms with Gasteiger partial charge in [-0.3, -0.25) is 0 Å². The molecule has 0 aliphatic rings. The van der Waals surface area contributed by atoms with Gasteiger partial charge in [-0.05, 0) is 20.3 Å². The van der Waals surface area contributed by atoms with E-state index in [-0.39, 0.29) is 18.8 Å². The van der Waals surface area contributed by atoms with E-state index in [0.29, 0.717) is 13.0 Å². The predicted molar refractivity (Wildman–Crippen MR) is 53.5 cm³/mol. The average Bonchev–Trinajstić information content (AvgIpc) is 2.06. The minimum Gasteiger partial charge on any atom is -0.394 e. The maximum Gasteiger partial charge on any atom is 0.0646 e. The molecule has 0 aromatic heterocycles. The number of nitrogens with two attached hydrogens (primary N) is 1. The third-order valence-electron chi connectivity index (χ3n) is 2.20. The van der Waals surface area contributed by atoms with Gasteiger partial charge < -0.3 is 21.3 Å². The van der Waals surface area contributed by atoms with Crippen LogP contribution in [-0.4, -0.2) is 41.0 Å². The molecule has 0 spiro atoms. The quantitative estimate of drug-likeness (QED) is 0.453. The first-order chi connectivity index (χ1) is 5.89. The van der Waals surface area contributed by atoms with Crippen LogP contribution in [0.5, 0.6) is 0 Å². The Balaban J connectivity index is 4.11. The number of aliphatic hydroxyl groups is 2. The topological polar surface area (TPSA) is 78.5 Å². The molecule has 0 bridgehead atoms. The summed E-state index contributed by atoms with van der Waals surface area (Å²) in [5.41, 5.74) is 4.87. The summed E-state index contributed by atoms with van der Waals surface area (Å²) in [6.07, 6.45) is 0.677. The first-order valence-electron chi connectivity index (χ1n) is 4.65. The smallest absolute Gasteiger partial charge is 0.0646 e. The molecule has 4 heteroatoms. The Bertz CT molecular complexity index is 131. The molecule has 4 nitrogen and oxygen atoms in total. The zero-order chi connectivity index (χ0) is 10.5. The highest BCUT2D eigenvalue weighted by atomic mass is 16.3. The van der Waals surface area contributed by atoms with E-state index in [9.17, 15) is 0 Å². The monoisotopic (exact) mass is 190 g/mol. The molecule has 5 N–H and O–H groups in total. The summed E-state index contributed by atoms with van der Waals surface area (Å²) in [5.74, 6) is 0. The minimum absolute atomic E-state index is 0.0733. The average molecular weight is 190 g/mol. The van der Waals surface area contributed by atoms with Gasteiger partial charge in [0.15, 0.2) is 0 Å². The molecule has 0 rings (SSSR count). The van der Waals surface area contributed by atoms with Crippen LogP contribution in [0.1, 0.15) is 27.2 Å². The maximum absolute atomic E-state index is 9.11. The van der Waals surface area contributed by atoms with E-state index in [0.717, 1.165) is 0 Å². The van der Waals surface area contributed by atoms with Gasteiger partial charge in [-0.1, -0.05) is 6.92 Å². The summed E-state index contributed by atoms with van der Waals surface area (Å²) in [7, 11) is 0. The van der Waals surface area contributed by atoms with Crippen molar-refractivity contribution in [2.45, 2.75) is 38.3 Å². The van der Waals surface area contributed by atoms with Gasteiger partial charge in [0.25, 0.3) is 0 Å². The lowest BCUT2D eigenvalue weighted by atomic mass is 9.96. The Morgan fingerprint density at radius 3 is 1.92 bits per heavy atom. The van der Waals surface area contributed by atoms with Gasteiger partial charge >= 0.3 is 0 Å². The van der Waals surface area contributed by atoms with Gasteiger partial charge in [0.1, 0.15) is 0 Å². The van der Waals surface area contributed by atoms with Gasteiger partial charge in [0, 0.05) is 12.1 Å². The zero-order valence-corrected chi connectivity index (χ0v) is 8.80. The van der Waals surface area contributed by atoms with Crippen molar-refractivity contribution in [1.29, 1.82) is 0 Å². The minimum atomic E-state index is -0.587. The van der Waals surface area contributed by atoms with Crippen LogP contribution in [0.3, 0.4) is 0 Å². The third-order valence-corrected chi connectivity index (χ3v) is 2.20. The Hall–Kier alpha value is -0.160. The SMILES string of the molecule is CCC(CO)(CO)NCC(C)(C)N. The van der Waals surface area contributed by atoms with Gasteiger partial charge in [-0.2, -0.15) is 0 Å². The van der Waals surface area contributed by atoms with Crippen LogP contribution in [0.15, 0.2) is 0 Å². The van der Waals surface area contributed by atoms with Crippen molar-refractivity contribution >= 4 is 0 Å². The van der Waals surface area contributed by atoms with Gasteiger partial charge in [0.05, 0.1) is 18.8 Å². The molecule has 0 unspecified atom stereocenters. The Labute approximate surface area is 80.1 Å². The van der Waals surface area contributed by atoms with E-state index in [2.05, 4.69) is 5.32 Å². The Kier molecular flexibility index (Phi) is 4.85. The van der Waals surface area contributed by atoms with E-state index in [1.807, 2.05) is 20.8 Å². The van der Waals surface area contributed by atoms with Crippen LogP contribution in [0, 0.1) is 0 Å². The van der Waals surface area contributed by atoms with Crippen LogP contribution in [0.4, 0.5) is 0 Å². The van der Waals surface area contributed by atoms with Gasteiger partial charge in [-0.15, -0.1) is 0 Å². The van der Waals surface area contributed by atoms with Gasteiger partial charge in [-0.25, -0.2) is 0 Å². The highest BCUT2D eigenvalue weighted by molar-refractivity contribution is 4.89. The fourth-order valence-corrected chi connectivity index (χ4v) is 0.926. The van der Waals surface area contributed by atoms with Crippen molar-refractivity contribution in [2.75, 3.05) is 19.8 Å². The van der Waals surface area contributed by atoms with Crippen LogP contribution < -0.4 is 11.1 Å². The highest BCUT2D eigenvalue weighted by Gasteiger charge is 2.27. The molecule has 0 saturated heterocycles. The molecule has 0 saturated carbocycles. The highest BCUT2D eigenvalue weighted by Crippen LogP contribution is 2.09. The molecular weight excluding hydrogens is 168 g/mol. The fourth-order valence-electron chi connectivity index (χ4n) is 0.926. The second kappa shape index (κ2) is 4.91. The molecule has 80 valence electrons. The van der Waals surface area contributed by atoms with Crippen molar-refractivity contribution in [3.8, 4) is 0 Å².